The van der Waals surface area contributed by atoms with Gasteiger partial charge in [-0.15, -0.1) is 0 Å². The molecule has 0 spiro atoms. The van der Waals surface area contributed by atoms with Gasteiger partial charge in [0.05, 0.1) is 20.3 Å². The van der Waals surface area contributed by atoms with Crippen molar-refractivity contribution in [1.82, 2.24) is 5.01 Å². The lowest BCUT2D eigenvalue weighted by molar-refractivity contribution is 0.330. The molecule has 1 atom stereocenters. The zero-order chi connectivity index (χ0) is 16.1. The van der Waals surface area contributed by atoms with Crippen molar-refractivity contribution >= 4 is 12.3 Å². The summed E-state index contributed by atoms with van der Waals surface area (Å²) in [5, 5.41) is 6.44. The van der Waals surface area contributed by atoms with E-state index in [0.29, 0.717) is 0 Å². The van der Waals surface area contributed by atoms with Gasteiger partial charge in [0.25, 0.3) is 0 Å². The summed E-state index contributed by atoms with van der Waals surface area (Å²) in [5.41, 5.74) is 2.34. The smallest absolute Gasteiger partial charge is 0.118 e. The van der Waals surface area contributed by atoms with Gasteiger partial charge in [0.2, 0.25) is 0 Å². The molecule has 0 aliphatic carbocycles. The Labute approximate surface area is 136 Å². The van der Waals surface area contributed by atoms with Crippen LogP contribution in [0.3, 0.4) is 0 Å². The standard InChI is InChI=1S/C19H20N2O2/c1-22-17-7-3-15(4-8-17)12-14-21-19(11-13-20-21)16-5-9-18(23-2)10-6-16/h3-10,12-14,19H,11H2,1-2H3. The Morgan fingerprint density at radius 3 is 2.17 bits per heavy atom. The maximum Gasteiger partial charge on any atom is 0.118 e. The molecule has 1 heterocycles. The molecule has 0 bridgehead atoms. The first-order chi connectivity index (χ1) is 11.3. The van der Waals surface area contributed by atoms with E-state index >= 15 is 0 Å². The minimum Gasteiger partial charge on any atom is -0.497 e. The topological polar surface area (TPSA) is 34.1 Å². The number of hydrazone groups is 1. The molecule has 2 aromatic carbocycles. The van der Waals surface area contributed by atoms with Crippen LogP contribution >= 0.6 is 0 Å². The first-order valence-corrected chi connectivity index (χ1v) is 7.57. The summed E-state index contributed by atoms with van der Waals surface area (Å²) in [5.74, 6) is 1.73. The molecule has 0 aromatic heterocycles. The summed E-state index contributed by atoms with van der Waals surface area (Å²) in [4.78, 5) is 0. The fourth-order valence-corrected chi connectivity index (χ4v) is 2.56. The molecule has 0 radical (unpaired) electrons. The second-order valence-electron chi connectivity index (χ2n) is 5.29. The highest BCUT2D eigenvalue weighted by atomic mass is 16.5. The second-order valence-corrected chi connectivity index (χ2v) is 5.29. The minimum atomic E-state index is 0.232. The minimum absolute atomic E-state index is 0.232. The number of methoxy groups -OCH3 is 2. The number of ether oxygens (including phenoxy) is 2. The van der Waals surface area contributed by atoms with Gasteiger partial charge >= 0.3 is 0 Å². The van der Waals surface area contributed by atoms with Gasteiger partial charge in [-0.05, 0) is 41.5 Å². The van der Waals surface area contributed by atoms with E-state index in [-0.39, 0.29) is 6.04 Å². The van der Waals surface area contributed by atoms with Gasteiger partial charge in [-0.2, -0.15) is 5.10 Å². The highest BCUT2D eigenvalue weighted by Crippen LogP contribution is 2.29. The van der Waals surface area contributed by atoms with Gasteiger partial charge in [-0.25, -0.2) is 0 Å². The summed E-state index contributed by atoms with van der Waals surface area (Å²) in [6, 6.07) is 16.3. The van der Waals surface area contributed by atoms with Crippen LogP contribution in [0.5, 0.6) is 11.5 Å². The van der Waals surface area contributed by atoms with E-state index in [2.05, 4.69) is 23.3 Å². The highest BCUT2D eigenvalue weighted by Gasteiger charge is 2.20. The quantitative estimate of drug-likeness (QED) is 0.833. The van der Waals surface area contributed by atoms with Crippen LogP contribution < -0.4 is 9.47 Å². The maximum absolute atomic E-state index is 5.21. The monoisotopic (exact) mass is 308 g/mol. The van der Waals surface area contributed by atoms with Crippen molar-refractivity contribution in [3.05, 3.63) is 65.9 Å². The SMILES string of the molecule is COc1ccc(C=CN2N=CCC2c2ccc(OC)cc2)cc1. The molecule has 1 unspecified atom stereocenters. The number of hydrogen-bond acceptors (Lipinski definition) is 4. The van der Waals surface area contributed by atoms with E-state index in [4.69, 9.17) is 9.47 Å². The number of hydrogen-bond donors (Lipinski definition) is 0. The largest absolute Gasteiger partial charge is 0.497 e. The Morgan fingerprint density at radius 1 is 0.957 bits per heavy atom. The molecule has 0 N–H and O–H groups in total. The summed E-state index contributed by atoms with van der Waals surface area (Å²) in [6.45, 7) is 0. The van der Waals surface area contributed by atoms with Crippen molar-refractivity contribution < 1.29 is 9.47 Å². The lowest BCUT2D eigenvalue weighted by atomic mass is 10.0. The fourth-order valence-electron chi connectivity index (χ4n) is 2.56. The van der Waals surface area contributed by atoms with E-state index < -0.39 is 0 Å². The average molecular weight is 308 g/mol. The molecule has 118 valence electrons. The summed E-state index contributed by atoms with van der Waals surface area (Å²) in [7, 11) is 3.35. The summed E-state index contributed by atoms with van der Waals surface area (Å²) >= 11 is 0. The van der Waals surface area contributed by atoms with Crippen LogP contribution in [0.15, 0.2) is 59.8 Å². The predicted molar refractivity (Wildman–Crippen MR) is 92.7 cm³/mol. The van der Waals surface area contributed by atoms with Crippen molar-refractivity contribution in [1.29, 1.82) is 0 Å². The molecule has 23 heavy (non-hydrogen) atoms. The Bertz CT molecular complexity index is 690. The van der Waals surface area contributed by atoms with Crippen LogP contribution in [-0.2, 0) is 0 Å². The second kappa shape index (κ2) is 7.01. The zero-order valence-corrected chi connectivity index (χ0v) is 13.3. The first-order valence-electron chi connectivity index (χ1n) is 7.57. The number of benzene rings is 2. The van der Waals surface area contributed by atoms with Gasteiger partial charge < -0.3 is 9.47 Å². The van der Waals surface area contributed by atoms with Crippen molar-refractivity contribution in [3.8, 4) is 11.5 Å². The molecule has 3 rings (SSSR count). The molecular formula is C19H20N2O2. The third-order valence-corrected chi connectivity index (χ3v) is 3.90. The highest BCUT2D eigenvalue weighted by molar-refractivity contribution is 5.61. The maximum atomic E-state index is 5.21. The Morgan fingerprint density at radius 2 is 1.57 bits per heavy atom. The van der Waals surface area contributed by atoms with Crippen molar-refractivity contribution in [2.24, 2.45) is 5.10 Å². The lowest BCUT2D eigenvalue weighted by Crippen LogP contribution is -2.12. The van der Waals surface area contributed by atoms with Crippen LogP contribution in [0.1, 0.15) is 23.6 Å². The predicted octanol–water partition coefficient (Wildman–Crippen LogP) is 4.11. The van der Waals surface area contributed by atoms with Gasteiger partial charge in [-0.3, -0.25) is 5.01 Å². The van der Waals surface area contributed by atoms with Crippen molar-refractivity contribution in [2.75, 3.05) is 14.2 Å². The molecule has 0 fully saturated rings. The van der Waals surface area contributed by atoms with Gasteiger partial charge in [-0.1, -0.05) is 24.3 Å². The molecule has 4 heteroatoms. The van der Waals surface area contributed by atoms with Crippen LogP contribution in [0.25, 0.3) is 6.08 Å². The zero-order valence-electron chi connectivity index (χ0n) is 13.3. The molecular weight excluding hydrogens is 288 g/mol. The van der Waals surface area contributed by atoms with E-state index in [0.717, 1.165) is 23.5 Å². The van der Waals surface area contributed by atoms with Crippen molar-refractivity contribution in [3.63, 3.8) is 0 Å². The van der Waals surface area contributed by atoms with Gasteiger partial charge in [0.15, 0.2) is 0 Å². The van der Waals surface area contributed by atoms with Crippen LogP contribution in [-0.4, -0.2) is 25.4 Å². The van der Waals surface area contributed by atoms with E-state index in [1.807, 2.05) is 53.8 Å². The molecule has 0 saturated heterocycles. The van der Waals surface area contributed by atoms with Gasteiger partial charge in [0, 0.05) is 18.8 Å². The fraction of sp³-hybridized carbons (Fsp3) is 0.211. The molecule has 0 saturated carbocycles. The third-order valence-electron chi connectivity index (χ3n) is 3.90. The van der Waals surface area contributed by atoms with E-state index in [9.17, 15) is 0 Å². The van der Waals surface area contributed by atoms with Crippen molar-refractivity contribution in [2.45, 2.75) is 12.5 Å². The first kappa shape index (κ1) is 15.2. The molecule has 0 amide bonds. The number of rotatable bonds is 5. The normalized spacial score (nSPS) is 17.0. The molecule has 1 aliphatic rings. The van der Waals surface area contributed by atoms with E-state index in [1.165, 1.54) is 5.56 Å². The molecule has 4 nitrogen and oxygen atoms in total. The number of nitrogens with zero attached hydrogens (tertiary/aromatic N) is 2. The Hall–Kier alpha value is -2.75. The average Bonchev–Trinajstić information content (AvgIpc) is 3.09. The van der Waals surface area contributed by atoms with E-state index in [1.54, 1.807) is 14.2 Å². The molecule has 2 aromatic rings. The lowest BCUT2D eigenvalue weighted by Gasteiger charge is -2.20. The van der Waals surface area contributed by atoms with Crippen LogP contribution in [0.2, 0.25) is 0 Å². The Kier molecular flexibility index (Phi) is 4.62. The van der Waals surface area contributed by atoms with Crippen LogP contribution in [0, 0.1) is 0 Å². The Balaban J connectivity index is 1.72. The summed E-state index contributed by atoms with van der Waals surface area (Å²) < 4.78 is 10.4. The third kappa shape index (κ3) is 3.54. The van der Waals surface area contributed by atoms with Gasteiger partial charge in [0.1, 0.15) is 11.5 Å². The van der Waals surface area contributed by atoms with Crippen LogP contribution in [0.4, 0.5) is 0 Å². The summed E-state index contributed by atoms with van der Waals surface area (Å²) in [6.07, 6.45) is 6.92. The molecule has 1 aliphatic heterocycles.